The molecule has 1 atom stereocenters. The molecule has 1 aliphatic heterocycles. The SMILES string of the molecule is CN=C(NCCNS(=O)(=O)c1cccnc1)NC1CCc2nc(COC)nn2C1.I. The number of fused-ring (bicyclic) bond motifs is 1. The number of guanidine groups is 1. The largest absolute Gasteiger partial charge is 0.377 e. The van der Waals surface area contributed by atoms with E-state index in [1.807, 2.05) is 4.68 Å². The molecule has 11 nitrogen and oxygen atoms in total. The topological polar surface area (TPSA) is 135 Å². The molecule has 0 spiro atoms. The molecule has 2 aromatic heterocycles. The summed E-state index contributed by atoms with van der Waals surface area (Å²) < 4.78 is 33.9. The third kappa shape index (κ3) is 6.58. The molecular weight excluding hydrogens is 523 g/mol. The number of halogens is 1. The number of hydrogen-bond donors (Lipinski definition) is 3. The van der Waals surface area contributed by atoms with Gasteiger partial charge in [-0.05, 0) is 18.6 Å². The number of nitrogens with zero attached hydrogens (tertiary/aromatic N) is 5. The Bertz CT molecular complexity index is 936. The number of hydrogen-bond acceptors (Lipinski definition) is 7. The van der Waals surface area contributed by atoms with Crippen molar-refractivity contribution in [1.82, 2.24) is 35.1 Å². The first-order valence-corrected chi connectivity index (χ1v) is 10.8. The summed E-state index contributed by atoms with van der Waals surface area (Å²) >= 11 is 0. The zero-order chi connectivity index (χ0) is 20.7. The van der Waals surface area contributed by atoms with Crippen LogP contribution in [0, 0.1) is 0 Å². The summed E-state index contributed by atoms with van der Waals surface area (Å²) in [5.41, 5.74) is 0. The van der Waals surface area contributed by atoms with Crippen molar-refractivity contribution in [3.8, 4) is 0 Å². The Morgan fingerprint density at radius 2 is 2.23 bits per heavy atom. The van der Waals surface area contributed by atoms with Gasteiger partial charge in [-0.25, -0.2) is 22.8 Å². The second kappa shape index (κ2) is 11.5. The van der Waals surface area contributed by atoms with E-state index in [1.54, 1.807) is 20.2 Å². The molecule has 30 heavy (non-hydrogen) atoms. The van der Waals surface area contributed by atoms with Crippen molar-refractivity contribution in [1.29, 1.82) is 0 Å². The molecule has 3 rings (SSSR count). The van der Waals surface area contributed by atoms with Gasteiger partial charge in [0.05, 0.1) is 6.54 Å². The van der Waals surface area contributed by atoms with E-state index in [0.29, 0.717) is 31.5 Å². The second-order valence-corrected chi connectivity index (χ2v) is 8.29. The van der Waals surface area contributed by atoms with Gasteiger partial charge in [0, 0.05) is 52.1 Å². The highest BCUT2D eigenvalue weighted by atomic mass is 127. The highest BCUT2D eigenvalue weighted by Crippen LogP contribution is 2.13. The van der Waals surface area contributed by atoms with Gasteiger partial charge in [-0.1, -0.05) is 0 Å². The molecule has 0 aliphatic carbocycles. The molecule has 2 aromatic rings. The van der Waals surface area contributed by atoms with Crippen molar-refractivity contribution in [2.45, 2.75) is 36.9 Å². The minimum absolute atomic E-state index is 0. The number of methoxy groups -OCH3 is 1. The molecule has 3 N–H and O–H groups in total. The Balaban J connectivity index is 0.00000320. The fraction of sp³-hybridized carbons (Fsp3) is 0.529. The maximum Gasteiger partial charge on any atom is 0.242 e. The third-order valence-electron chi connectivity index (χ3n) is 4.39. The predicted molar refractivity (Wildman–Crippen MR) is 122 cm³/mol. The van der Waals surface area contributed by atoms with Gasteiger partial charge in [0.25, 0.3) is 0 Å². The van der Waals surface area contributed by atoms with Gasteiger partial charge in [-0.3, -0.25) is 9.98 Å². The van der Waals surface area contributed by atoms with Gasteiger partial charge in [-0.2, -0.15) is 5.10 Å². The highest BCUT2D eigenvalue weighted by Gasteiger charge is 2.22. The number of aryl methyl sites for hydroxylation is 1. The van der Waals surface area contributed by atoms with Crippen LogP contribution in [0.25, 0.3) is 0 Å². The van der Waals surface area contributed by atoms with E-state index in [2.05, 4.69) is 35.4 Å². The maximum absolute atomic E-state index is 12.2. The lowest BCUT2D eigenvalue weighted by Gasteiger charge is -2.25. The van der Waals surface area contributed by atoms with Crippen LogP contribution in [0.3, 0.4) is 0 Å². The Morgan fingerprint density at radius 3 is 2.93 bits per heavy atom. The number of rotatable bonds is 8. The Hall–Kier alpha value is -1.84. The number of pyridine rings is 1. The fourth-order valence-corrected chi connectivity index (χ4v) is 4.01. The van der Waals surface area contributed by atoms with Crippen LogP contribution in [0.1, 0.15) is 18.1 Å². The van der Waals surface area contributed by atoms with E-state index >= 15 is 0 Å². The first-order valence-electron chi connectivity index (χ1n) is 9.30. The summed E-state index contributed by atoms with van der Waals surface area (Å²) in [4.78, 5) is 12.6. The van der Waals surface area contributed by atoms with Crippen molar-refractivity contribution in [3.05, 3.63) is 36.2 Å². The minimum atomic E-state index is -3.57. The van der Waals surface area contributed by atoms with Crippen LogP contribution in [0.15, 0.2) is 34.4 Å². The normalized spacial score (nSPS) is 16.5. The number of nitrogens with one attached hydrogen (secondary N) is 3. The van der Waals surface area contributed by atoms with Crippen LogP contribution in [0.5, 0.6) is 0 Å². The molecule has 0 saturated carbocycles. The average Bonchev–Trinajstić information content (AvgIpc) is 3.13. The number of sulfonamides is 1. The van der Waals surface area contributed by atoms with E-state index in [-0.39, 0.29) is 41.5 Å². The van der Waals surface area contributed by atoms with Crippen molar-refractivity contribution in [3.63, 3.8) is 0 Å². The number of aliphatic imine (C=N–C) groups is 1. The van der Waals surface area contributed by atoms with E-state index in [9.17, 15) is 8.42 Å². The quantitative estimate of drug-likeness (QED) is 0.180. The lowest BCUT2D eigenvalue weighted by molar-refractivity contribution is 0.177. The maximum atomic E-state index is 12.2. The first-order chi connectivity index (χ1) is 14.0. The summed E-state index contributed by atoms with van der Waals surface area (Å²) in [7, 11) is -0.272. The van der Waals surface area contributed by atoms with Crippen LogP contribution >= 0.6 is 24.0 Å². The van der Waals surface area contributed by atoms with Crippen LogP contribution in [-0.2, 0) is 34.3 Å². The summed E-state index contributed by atoms with van der Waals surface area (Å²) in [6.07, 6.45) is 4.56. The van der Waals surface area contributed by atoms with Gasteiger partial charge >= 0.3 is 0 Å². The zero-order valence-corrected chi connectivity index (χ0v) is 20.1. The summed E-state index contributed by atoms with van der Waals surface area (Å²) in [6.45, 7) is 1.69. The zero-order valence-electron chi connectivity index (χ0n) is 16.9. The summed E-state index contributed by atoms with van der Waals surface area (Å²) in [6, 6.07) is 3.24. The van der Waals surface area contributed by atoms with Gasteiger partial charge < -0.3 is 15.4 Å². The van der Waals surface area contributed by atoms with Gasteiger partial charge in [-0.15, -0.1) is 24.0 Å². The summed E-state index contributed by atoms with van der Waals surface area (Å²) in [5, 5.41) is 10.9. The van der Waals surface area contributed by atoms with Crippen molar-refractivity contribution >= 4 is 40.0 Å². The van der Waals surface area contributed by atoms with E-state index < -0.39 is 10.0 Å². The predicted octanol–water partition coefficient (Wildman–Crippen LogP) is -0.104. The van der Waals surface area contributed by atoms with E-state index in [1.165, 1.54) is 18.5 Å². The monoisotopic (exact) mass is 550 g/mol. The molecule has 0 saturated heterocycles. The smallest absolute Gasteiger partial charge is 0.242 e. The molecule has 1 aliphatic rings. The van der Waals surface area contributed by atoms with E-state index in [4.69, 9.17) is 4.74 Å². The molecule has 1 unspecified atom stereocenters. The highest BCUT2D eigenvalue weighted by molar-refractivity contribution is 14.0. The van der Waals surface area contributed by atoms with Crippen molar-refractivity contribution in [2.75, 3.05) is 27.2 Å². The Kier molecular flexibility index (Phi) is 9.38. The Morgan fingerprint density at radius 1 is 1.40 bits per heavy atom. The average molecular weight is 550 g/mol. The van der Waals surface area contributed by atoms with Gasteiger partial charge in [0.15, 0.2) is 11.8 Å². The minimum Gasteiger partial charge on any atom is -0.377 e. The van der Waals surface area contributed by atoms with Crippen molar-refractivity contribution < 1.29 is 13.2 Å². The second-order valence-electron chi connectivity index (χ2n) is 6.52. The number of aromatic nitrogens is 4. The van der Waals surface area contributed by atoms with E-state index in [0.717, 1.165) is 18.7 Å². The first kappa shape index (κ1) is 24.4. The van der Waals surface area contributed by atoms with Crippen molar-refractivity contribution in [2.24, 2.45) is 4.99 Å². The lowest BCUT2D eigenvalue weighted by Crippen LogP contribution is -2.48. The Labute approximate surface area is 193 Å². The number of ether oxygens (including phenoxy) is 1. The van der Waals surface area contributed by atoms with Gasteiger partial charge in [0.1, 0.15) is 17.3 Å². The molecule has 0 aromatic carbocycles. The molecular formula is C17H27IN8O3S. The lowest BCUT2D eigenvalue weighted by atomic mass is 10.1. The molecule has 0 bridgehead atoms. The van der Waals surface area contributed by atoms with Crippen LogP contribution in [-0.4, -0.2) is 67.4 Å². The summed E-state index contributed by atoms with van der Waals surface area (Å²) in [5.74, 6) is 2.26. The molecule has 166 valence electrons. The fourth-order valence-electron chi connectivity index (χ4n) is 3.01. The van der Waals surface area contributed by atoms with Crippen LogP contribution < -0.4 is 15.4 Å². The van der Waals surface area contributed by atoms with Crippen LogP contribution in [0.2, 0.25) is 0 Å². The molecule has 0 amide bonds. The third-order valence-corrected chi connectivity index (χ3v) is 5.84. The van der Waals surface area contributed by atoms with Gasteiger partial charge in [0.2, 0.25) is 10.0 Å². The van der Waals surface area contributed by atoms with Crippen LogP contribution in [0.4, 0.5) is 0 Å². The molecule has 0 fully saturated rings. The molecule has 0 radical (unpaired) electrons. The standard InChI is InChI=1S/C17H26N8O3S.HI/c1-18-17(20-8-9-21-29(26,27)14-4-3-7-19-10-14)22-13-5-6-16-23-15(12-28-2)24-25(16)11-13;/h3-4,7,10,13,21H,5-6,8-9,11-12H2,1-2H3,(H2,18,20,22);1H. The molecule has 13 heteroatoms. The molecule has 3 heterocycles.